The first-order valence-corrected chi connectivity index (χ1v) is 6.34. The molecule has 0 atom stereocenters. The summed E-state index contributed by atoms with van der Waals surface area (Å²) in [6, 6.07) is 9.70. The summed E-state index contributed by atoms with van der Waals surface area (Å²) >= 11 is 0. The molecule has 1 aliphatic carbocycles. The Morgan fingerprint density at radius 3 is 2.44 bits per heavy atom. The van der Waals surface area contributed by atoms with Crippen molar-refractivity contribution in [1.29, 1.82) is 0 Å². The Balaban J connectivity index is 1.64. The molecule has 2 amide bonds. The van der Waals surface area contributed by atoms with Gasteiger partial charge in [0.1, 0.15) is 0 Å². The lowest BCUT2D eigenvalue weighted by Crippen LogP contribution is -2.41. The highest BCUT2D eigenvalue weighted by Gasteiger charge is 2.25. The molecule has 0 radical (unpaired) electrons. The highest BCUT2D eigenvalue weighted by Crippen LogP contribution is 2.25. The van der Waals surface area contributed by atoms with Gasteiger partial charge in [-0.2, -0.15) is 0 Å². The van der Waals surface area contributed by atoms with Gasteiger partial charge in [-0.1, -0.05) is 36.8 Å². The number of benzene rings is 1. The highest BCUT2D eigenvalue weighted by molar-refractivity contribution is 5.86. The number of carbonyl (C=O) groups is 2. The van der Waals surface area contributed by atoms with Gasteiger partial charge >= 0.3 is 0 Å². The summed E-state index contributed by atoms with van der Waals surface area (Å²) in [4.78, 5) is 23.0. The number of hydrogen-bond acceptors (Lipinski definition) is 2. The van der Waals surface area contributed by atoms with E-state index < -0.39 is 0 Å². The Kier molecular flexibility index (Phi) is 4.34. The van der Waals surface area contributed by atoms with Crippen LogP contribution in [-0.2, 0) is 16.1 Å². The van der Waals surface area contributed by atoms with Crippen molar-refractivity contribution < 1.29 is 9.59 Å². The molecule has 1 aliphatic rings. The van der Waals surface area contributed by atoms with Gasteiger partial charge in [-0.05, 0) is 18.4 Å². The first kappa shape index (κ1) is 12.6. The topological polar surface area (TPSA) is 58.2 Å². The van der Waals surface area contributed by atoms with Gasteiger partial charge in [0, 0.05) is 12.5 Å². The third-order valence-corrected chi connectivity index (χ3v) is 3.23. The largest absolute Gasteiger partial charge is 0.350 e. The molecule has 4 nitrogen and oxygen atoms in total. The summed E-state index contributed by atoms with van der Waals surface area (Å²) in [7, 11) is 0. The molecular formula is C14H18N2O2. The lowest BCUT2D eigenvalue weighted by molar-refractivity contribution is -0.130. The van der Waals surface area contributed by atoms with Crippen LogP contribution in [0, 0.1) is 5.92 Å². The second kappa shape index (κ2) is 6.19. The minimum absolute atomic E-state index is 0.0103. The Morgan fingerprint density at radius 2 is 1.83 bits per heavy atom. The molecule has 0 unspecified atom stereocenters. The van der Waals surface area contributed by atoms with Crippen molar-refractivity contribution in [1.82, 2.24) is 10.6 Å². The van der Waals surface area contributed by atoms with Crippen LogP contribution >= 0.6 is 0 Å². The minimum atomic E-state index is -0.147. The molecule has 1 saturated carbocycles. The van der Waals surface area contributed by atoms with E-state index in [4.69, 9.17) is 0 Å². The van der Waals surface area contributed by atoms with Crippen LogP contribution in [0.3, 0.4) is 0 Å². The van der Waals surface area contributed by atoms with Crippen LogP contribution in [0.15, 0.2) is 30.3 Å². The molecule has 0 aromatic heterocycles. The number of amides is 2. The Hall–Kier alpha value is -1.84. The molecule has 0 bridgehead atoms. The standard InChI is InChI=1S/C14H18N2O2/c17-13(10-16-14(18)12-7-4-8-12)15-9-11-5-2-1-3-6-11/h1-3,5-6,12H,4,7-10H2,(H,15,17)(H,16,18). The van der Waals surface area contributed by atoms with Crippen LogP contribution < -0.4 is 10.6 Å². The van der Waals surface area contributed by atoms with E-state index in [9.17, 15) is 9.59 Å². The van der Waals surface area contributed by atoms with Crippen LogP contribution in [0.2, 0.25) is 0 Å². The molecule has 4 heteroatoms. The van der Waals surface area contributed by atoms with E-state index in [1.807, 2.05) is 30.3 Å². The molecule has 0 saturated heterocycles. The molecule has 18 heavy (non-hydrogen) atoms. The third kappa shape index (κ3) is 3.58. The molecule has 1 aromatic rings. The second-order valence-corrected chi connectivity index (χ2v) is 4.61. The molecule has 2 rings (SSSR count). The Morgan fingerprint density at radius 1 is 1.11 bits per heavy atom. The first-order valence-electron chi connectivity index (χ1n) is 6.34. The van der Waals surface area contributed by atoms with Crippen molar-refractivity contribution >= 4 is 11.8 Å². The Bertz CT molecular complexity index is 413. The van der Waals surface area contributed by atoms with E-state index >= 15 is 0 Å². The van der Waals surface area contributed by atoms with Crippen molar-refractivity contribution in [3.63, 3.8) is 0 Å². The van der Waals surface area contributed by atoms with Gasteiger partial charge in [0.25, 0.3) is 0 Å². The summed E-state index contributed by atoms with van der Waals surface area (Å²) in [6.07, 6.45) is 3.03. The number of carbonyl (C=O) groups excluding carboxylic acids is 2. The quantitative estimate of drug-likeness (QED) is 0.820. The van der Waals surface area contributed by atoms with Crippen molar-refractivity contribution in [2.45, 2.75) is 25.8 Å². The predicted octanol–water partition coefficient (Wildman–Crippen LogP) is 1.22. The van der Waals surface area contributed by atoms with Crippen LogP contribution in [0.5, 0.6) is 0 Å². The molecular weight excluding hydrogens is 228 g/mol. The average Bonchev–Trinajstić information content (AvgIpc) is 2.33. The lowest BCUT2D eigenvalue weighted by Gasteiger charge is -2.23. The van der Waals surface area contributed by atoms with Crippen LogP contribution in [0.1, 0.15) is 24.8 Å². The molecule has 1 aromatic carbocycles. The van der Waals surface area contributed by atoms with E-state index in [2.05, 4.69) is 10.6 Å². The summed E-state index contributed by atoms with van der Waals surface area (Å²) in [6.45, 7) is 0.571. The fourth-order valence-electron chi connectivity index (χ4n) is 1.84. The van der Waals surface area contributed by atoms with Gasteiger partial charge in [0.15, 0.2) is 0 Å². The van der Waals surface area contributed by atoms with Gasteiger partial charge in [-0.15, -0.1) is 0 Å². The summed E-state index contributed by atoms with van der Waals surface area (Å²) < 4.78 is 0. The highest BCUT2D eigenvalue weighted by atomic mass is 16.2. The molecule has 1 fully saturated rings. The molecule has 0 aliphatic heterocycles. The molecule has 0 heterocycles. The van der Waals surface area contributed by atoms with E-state index in [1.54, 1.807) is 0 Å². The van der Waals surface area contributed by atoms with E-state index in [0.717, 1.165) is 24.8 Å². The van der Waals surface area contributed by atoms with E-state index in [1.165, 1.54) is 0 Å². The molecule has 2 N–H and O–H groups in total. The summed E-state index contributed by atoms with van der Waals surface area (Å²) in [5.41, 5.74) is 1.05. The van der Waals surface area contributed by atoms with Gasteiger partial charge in [-0.25, -0.2) is 0 Å². The normalized spacial score (nSPS) is 14.7. The fourth-order valence-corrected chi connectivity index (χ4v) is 1.84. The summed E-state index contributed by atoms with van der Waals surface area (Å²) in [5.74, 6) is -0.00504. The minimum Gasteiger partial charge on any atom is -0.350 e. The lowest BCUT2D eigenvalue weighted by atomic mass is 9.85. The van der Waals surface area contributed by atoms with Crippen LogP contribution in [-0.4, -0.2) is 18.4 Å². The van der Waals surface area contributed by atoms with E-state index in [0.29, 0.717) is 6.54 Å². The zero-order valence-electron chi connectivity index (χ0n) is 10.3. The average molecular weight is 246 g/mol. The smallest absolute Gasteiger partial charge is 0.239 e. The number of rotatable bonds is 5. The second-order valence-electron chi connectivity index (χ2n) is 4.61. The monoisotopic (exact) mass is 246 g/mol. The number of nitrogens with one attached hydrogen (secondary N) is 2. The Labute approximate surface area is 107 Å². The van der Waals surface area contributed by atoms with Crippen molar-refractivity contribution in [3.8, 4) is 0 Å². The van der Waals surface area contributed by atoms with Crippen LogP contribution in [0.4, 0.5) is 0 Å². The zero-order valence-corrected chi connectivity index (χ0v) is 10.3. The SMILES string of the molecule is O=C(CNC(=O)C1CCC1)NCc1ccccc1. The van der Waals surface area contributed by atoms with E-state index in [-0.39, 0.29) is 24.3 Å². The molecule has 96 valence electrons. The summed E-state index contributed by atoms with van der Waals surface area (Å²) in [5, 5.41) is 5.45. The maximum Gasteiger partial charge on any atom is 0.239 e. The fraction of sp³-hybridized carbons (Fsp3) is 0.429. The van der Waals surface area contributed by atoms with Crippen LogP contribution in [0.25, 0.3) is 0 Å². The van der Waals surface area contributed by atoms with Crippen molar-refractivity contribution in [2.24, 2.45) is 5.92 Å². The maximum absolute atomic E-state index is 11.5. The first-order chi connectivity index (χ1) is 8.75. The predicted molar refractivity (Wildman–Crippen MR) is 68.6 cm³/mol. The van der Waals surface area contributed by atoms with Gasteiger partial charge in [0.2, 0.25) is 11.8 Å². The zero-order chi connectivity index (χ0) is 12.8. The van der Waals surface area contributed by atoms with Gasteiger partial charge in [-0.3, -0.25) is 9.59 Å². The van der Waals surface area contributed by atoms with Gasteiger partial charge < -0.3 is 10.6 Å². The maximum atomic E-state index is 11.5. The van der Waals surface area contributed by atoms with Crippen molar-refractivity contribution in [3.05, 3.63) is 35.9 Å². The number of hydrogen-bond donors (Lipinski definition) is 2. The van der Waals surface area contributed by atoms with Crippen molar-refractivity contribution in [2.75, 3.05) is 6.54 Å². The third-order valence-electron chi connectivity index (χ3n) is 3.23. The molecule has 0 spiro atoms. The van der Waals surface area contributed by atoms with Gasteiger partial charge in [0.05, 0.1) is 6.54 Å².